The van der Waals surface area contributed by atoms with Gasteiger partial charge in [0.15, 0.2) is 0 Å². The highest BCUT2D eigenvalue weighted by atomic mass is 35.5. The second-order valence-corrected chi connectivity index (χ2v) is 9.74. The van der Waals surface area contributed by atoms with Crippen molar-refractivity contribution in [2.75, 3.05) is 12.4 Å². The monoisotopic (exact) mass is 542 g/mol. The molecule has 2 N–H and O–H groups in total. The lowest BCUT2D eigenvalue weighted by Gasteiger charge is -2.13. The summed E-state index contributed by atoms with van der Waals surface area (Å²) in [5, 5.41) is 13.3. The first-order valence-corrected chi connectivity index (χ1v) is 12.2. The number of methoxy groups -OCH3 is 1. The molecular formula is C26H20Cl2N2O5S. The van der Waals surface area contributed by atoms with Crippen LogP contribution in [0.2, 0.25) is 10.0 Å². The Balaban J connectivity index is 1.55. The standard InChI is InChI=1S/C26H20Cl2N2O5S/c1-14-3-6-17(35-2)12-21(14)29-24(32)18-9-15(5-8-22(18)31)11-23-25(33)30(26(34)36-23)13-16-4-7-19(27)20(28)10-16/h3-12,31H,13H2,1-2H3,(H,29,32)/b23-11+. The highest BCUT2D eigenvalue weighted by molar-refractivity contribution is 8.18. The number of imide groups is 1. The first-order valence-electron chi connectivity index (χ1n) is 10.6. The summed E-state index contributed by atoms with van der Waals surface area (Å²) in [6.45, 7) is 1.88. The van der Waals surface area contributed by atoms with E-state index in [4.69, 9.17) is 27.9 Å². The number of phenols is 1. The molecule has 7 nitrogen and oxygen atoms in total. The molecule has 0 spiro atoms. The molecule has 36 heavy (non-hydrogen) atoms. The number of anilines is 1. The predicted molar refractivity (Wildman–Crippen MR) is 142 cm³/mol. The summed E-state index contributed by atoms with van der Waals surface area (Å²) in [7, 11) is 1.53. The largest absolute Gasteiger partial charge is 0.507 e. The summed E-state index contributed by atoms with van der Waals surface area (Å²) >= 11 is 12.8. The molecule has 1 aliphatic rings. The van der Waals surface area contributed by atoms with Crippen molar-refractivity contribution < 1.29 is 24.2 Å². The third kappa shape index (κ3) is 5.51. The molecule has 10 heteroatoms. The van der Waals surface area contributed by atoms with E-state index >= 15 is 0 Å². The van der Waals surface area contributed by atoms with Crippen LogP contribution in [-0.2, 0) is 11.3 Å². The van der Waals surface area contributed by atoms with Crippen LogP contribution in [0.4, 0.5) is 10.5 Å². The molecular weight excluding hydrogens is 523 g/mol. The first kappa shape index (κ1) is 25.6. The summed E-state index contributed by atoms with van der Waals surface area (Å²) in [5.41, 5.74) is 2.49. The number of rotatable bonds is 6. The van der Waals surface area contributed by atoms with Gasteiger partial charge in [0.2, 0.25) is 0 Å². The van der Waals surface area contributed by atoms with Gasteiger partial charge < -0.3 is 15.2 Å². The second kappa shape index (κ2) is 10.7. The molecule has 1 aliphatic heterocycles. The fourth-order valence-corrected chi connectivity index (χ4v) is 4.64. The van der Waals surface area contributed by atoms with Crippen LogP contribution < -0.4 is 10.1 Å². The normalized spacial score (nSPS) is 14.4. The predicted octanol–water partition coefficient (Wildman–Crippen LogP) is 6.50. The maximum atomic E-state index is 12.9. The Morgan fingerprint density at radius 1 is 1.08 bits per heavy atom. The number of benzene rings is 3. The van der Waals surface area contributed by atoms with Gasteiger partial charge in [-0.15, -0.1) is 0 Å². The molecule has 3 aromatic rings. The minimum Gasteiger partial charge on any atom is -0.507 e. The molecule has 0 bridgehead atoms. The minimum atomic E-state index is -0.535. The van der Waals surface area contributed by atoms with Crippen LogP contribution in [0.3, 0.4) is 0 Å². The van der Waals surface area contributed by atoms with Crippen molar-refractivity contribution in [2.45, 2.75) is 13.5 Å². The average molecular weight is 543 g/mol. The third-order valence-corrected chi connectivity index (χ3v) is 7.10. The van der Waals surface area contributed by atoms with Crippen LogP contribution >= 0.6 is 35.0 Å². The fraction of sp³-hybridized carbons (Fsp3) is 0.115. The number of thioether (sulfide) groups is 1. The Morgan fingerprint density at radius 2 is 1.86 bits per heavy atom. The Kier molecular flexibility index (Phi) is 7.59. The van der Waals surface area contributed by atoms with Crippen molar-refractivity contribution in [3.8, 4) is 11.5 Å². The smallest absolute Gasteiger partial charge is 0.293 e. The van der Waals surface area contributed by atoms with Crippen molar-refractivity contribution in [1.82, 2.24) is 4.90 Å². The Hall–Kier alpha value is -3.46. The number of amides is 3. The number of halogens is 2. The van der Waals surface area contributed by atoms with Crippen LogP contribution in [0.25, 0.3) is 6.08 Å². The molecule has 0 atom stereocenters. The minimum absolute atomic E-state index is 0.0148. The van der Waals surface area contributed by atoms with Gasteiger partial charge in [-0.25, -0.2) is 0 Å². The van der Waals surface area contributed by atoms with Gasteiger partial charge >= 0.3 is 0 Å². The van der Waals surface area contributed by atoms with Crippen LogP contribution in [0.15, 0.2) is 59.5 Å². The number of nitrogens with zero attached hydrogens (tertiary/aromatic N) is 1. The molecule has 0 radical (unpaired) electrons. The Labute approximate surface area is 221 Å². The SMILES string of the molecule is COc1ccc(C)c(NC(=O)c2cc(/C=C3/SC(=O)N(Cc4ccc(Cl)c(Cl)c4)C3=O)ccc2O)c1. The molecule has 4 rings (SSSR count). The highest BCUT2D eigenvalue weighted by Crippen LogP contribution is 2.35. The van der Waals surface area contributed by atoms with E-state index in [2.05, 4.69) is 5.32 Å². The molecule has 0 saturated carbocycles. The van der Waals surface area contributed by atoms with E-state index < -0.39 is 17.1 Å². The maximum Gasteiger partial charge on any atom is 0.293 e. The fourth-order valence-electron chi connectivity index (χ4n) is 3.49. The van der Waals surface area contributed by atoms with Crippen LogP contribution in [0.1, 0.15) is 27.0 Å². The first-order chi connectivity index (χ1) is 17.2. The van der Waals surface area contributed by atoms with Crippen molar-refractivity contribution in [2.24, 2.45) is 0 Å². The zero-order valence-corrected chi connectivity index (χ0v) is 21.5. The lowest BCUT2D eigenvalue weighted by molar-refractivity contribution is -0.123. The van der Waals surface area contributed by atoms with Gasteiger partial charge in [0, 0.05) is 11.8 Å². The number of ether oxygens (including phenoxy) is 1. The number of carbonyl (C=O) groups excluding carboxylic acids is 3. The maximum absolute atomic E-state index is 12.9. The molecule has 0 aromatic heterocycles. The number of hydrogen-bond donors (Lipinski definition) is 2. The number of hydrogen-bond acceptors (Lipinski definition) is 6. The molecule has 0 aliphatic carbocycles. The summed E-state index contributed by atoms with van der Waals surface area (Å²) in [6.07, 6.45) is 1.51. The summed E-state index contributed by atoms with van der Waals surface area (Å²) < 4.78 is 5.20. The van der Waals surface area contributed by atoms with Gasteiger partial charge in [0.1, 0.15) is 11.5 Å². The van der Waals surface area contributed by atoms with E-state index in [1.807, 2.05) is 6.92 Å². The second-order valence-electron chi connectivity index (χ2n) is 7.93. The van der Waals surface area contributed by atoms with Crippen molar-refractivity contribution in [1.29, 1.82) is 0 Å². The highest BCUT2D eigenvalue weighted by Gasteiger charge is 2.35. The third-order valence-electron chi connectivity index (χ3n) is 5.45. The van der Waals surface area contributed by atoms with Gasteiger partial charge in [-0.3, -0.25) is 19.3 Å². The molecule has 184 valence electrons. The van der Waals surface area contributed by atoms with Crippen molar-refractivity contribution in [3.63, 3.8) is 0 Å². The Bertz CT molecular complexity index is 1420. The molecule has 1 heterocycles. The molecule has 1 fully saturated rings. The zero-order chi connectivity index (χ0) is 26.0. The Morgan fingerprint density at radius 3 is 2.58 bits per heavy atom. The molecule has 3 aromatic carbocycles. The van der Waals surface area contributed by atoms with E-state index in [9.17, 15) is 19.5 Å². The molecule has 1 saturated heterocycles. The van der Waals surface area contributed by atoms with Gasteiger partial charge in [-0.2, -0.15) is 0 Å². The summed E-state index contributed by atoms with van der Waals surface area (Å²) in [6, 6.07) is 14.5. The van der Waals surface area contributed by atoms with E-state index in [0.717, 1.165) is 22.2 Å². The number of carbonyl (C=O) groups is 3. The lowest BCUT2D eigenvalue weighted by Crippen LogP contribution is -2.27. The van der Waals surface area contributed by atoms with Crippen LogP contribution in [0.5, 0.6) is 11.5 Å². The lowest BCUT2D eigenvalue weighted by atomic mass is 10.1. The zero-order valence-electron chi connectivity index (χ0n) is 19.2. The molecule has 3 amide bonds. The van der Waals surface area contributed by atoms with Gasteiger partial charge in [-0.1, -0.05) is 41.4 Å². The number of phenolic OH excluding ortho intramolecular Hbond substituents is 1. The molecule has 0 unspecified atom stereocenters. The number of aromatic hydroxyl groups is 1. The van der Waals surface area contributed by atoms with Crippen molar-refractivity contribution >= 4 is 63.8 Å². The number of aryl methyl sites for hydroxylation is 1. The van der Waals surface area contributed by atoms with Crippen LogP contribution in [0, 0.1) is 6.92 Å². The van der Waals surface area contributed by atoms with Crippen molar-refractivity contribution in [3.05, 3.63) is 91.8 Å². The van der Waals surface area contributed by atoms with Gasteiger partial charge in [0.25, 0.3) is 17.1 Å². The quantitative estimate of drug-likeness (QED) is 0.345. The van der Waals surface area contributed by atoms with Gasteiger partial charge in [0.05, 0.1) is 34.2 Å². The van der Waals surface area contributed by atoms with E-state index in [0.29, 0.717) is 32.6 Å². The van der Waals surface area contributed by atoms with E-state index in [1.165, 1.54) is 25.3 Å². The van der Waals surface area contributed by atoms with Gasteiger partial charge in [-0.05, 0) is 71.8 Å². The summed E-state index contributed by atoms with van der Waals surface area (Å²) in [5.74, 6) is -0.655. The van der Waals surface area contributed by atoms with Crippen LogP contribution in [-0.4, -0.2) is 34.2 Å². The topological polar surface area (TPSA) is 95.9 Å². The van der Waals surface area contributed by atoms with E-state index in [-0.39, 0.29) is 22.8 Å². The number of nitrogens with one attached hydrogen (secondary N) is 1. The van der Waals surface area contributed by atoms with E-state index in [1.54, 1.807) is 42.5 Å². The average Bonchev–Trinajstić information content (AvgIpc) is 3.11. The summed E-state index contributed by atoms with van der Waals surface area (Å²) in [4.78, 5) is 39.6.